The third-order valence-corrected chi connectivity index (χ3v) is 5.56. The topological polar surface area (TPSA) is 23.8 Å². The Hall–Kier alpha value is -0.550. The fraction of sp³-hybridized carbons (Fsp3) is 0.957. The molecule has 0 atom stereocenters. The van der Waals surface area contributed by atoms with Crippen molar-refractivity contribution in [2.45, 2.75) is 117 Å². The molecule has 0 radical (unpaired) electrons. The summed E-state index contributed by atoms with van der Waals surface area (Å²) in [5.74, 6) is 0. The first-order valence-corrected chi connectivity index (χ1v) is 11.4. The van der Waals surface area contributed by atoms with Crippen molar-refractivity contribution >= 4 is 0 Å². The van der Waals surface area contributed by atoms with Crippen molar-refractivity contribution in [2.24, 2.45) is 0 Å². The molecule has 0 saturated carbocycles. The molecule has 0 heterocycles. The Morgan fingerprint density at radius 2 is 0.880 bits per heavy atom. The largest absolute Gasteiger partial charge is 0.314 e. The molecule has 0 aliphatic heterocycles. The highest BCUT2D eigenvalue weighted by molar-refractivity contribution is 4.68. The molecular weight excluding hydrogens is 304 g/mol. The number of unbranched alkanes of at least 4 members (excludes halogenated alkanes) is 14. The molecule has 0 aliphatic rings. The highest BCUT2D eigenvalue weighted by Gasteiger charge is 2.19. The minimum atomic E-state index is 0.688. The molecule has 0 aromatic rings. The average molecular weight is 352 g/mol. The van der Waals surface area contributed by atoms with E-state index in [4.69, 9.17) is 0 Å². The van der Waals surface area contributed by atoms with Crippen LogP contribution in [0.5, 0.6) is 0 Å². The van der Waals surface area contributed by atoms with Gasteiger partial charge in [0.25, 0.3) is 0 Å². The standard InChI is InChI=1S/C23H47N2/c1-4-6-8-10-12-14-16-18-21-25(3,23-20-24)22-19-17-15-13-11-9-7-5-2/h4-19,21-23H2,1-3H3/q+1. The van der Waals surface area contributed by atoms with E-state index in [-0.39, 0.29) is 0 Å². The average Bonchev–Trinajstić information content (AvgIpc) is 2.60. The van der Waals surface area contributed by atoms with Crippen LogP contribution in [0.1, 0.15) is 117 Å². The van der Waals surface area contributed by atoms with Gasteiger partial charge in [-0.1, -0.05) is 90.9 Å². The Bertz CT molecular complexity index is 286. The summed E-state index contributed by atoms with van der Waals surface area (Å²) in [6.07, 6.45) is 22.0. The van der Waals surface area contributed by atoms with E-state index in [0.717, 1.165) is 4.48 Å². The van der Waals surface area contributed by atoms with Gasteiger partial charge in [-0.15, -0.1) is 0 Å². The predicted octanol–water partition coefficient (Wildman–Crippen LogP) is 7.24. The van der Waals surface area contributed by atoms with Gasteiger partial charge in [0, 0.05) is 0 Å². The third kappa shape index (κ3) is 16.7. The van der Waals surface area contributed by atoms with E-state index in [1.807, 2.05) is 0 Å². The van der Waals surface area contributed by atoms with E-state index in [1.165, 1.54) is 116 Å². The maximum Gasteiger partial charge on any atom is 0.166 e. The highest BCUT2D eigenvalue weighted by Crippen LogP contribution is 2.14. The molecule has 0 aromatic heterocycles. The quantitative estimate of drug-likeness (QED) is 0.137. The molecule has 0 aliphatic carbocycles. The first kappa shape index (κ1) is 24.5. The molecule has 148 valence electrons. The Kier molecular flexibility index (Phi) is 17.8. The number of quaternary nitrogens is 1. The van der Waals surface area contributed by atoms with E-state index in [1.54, 1.807) is 0 Å². The number of nitriles is 1. The summed E-state index contributed by atoms with van der Waals surface area (Å²) in [6, 6.07) is 2.43. The summed E-state index contributed by atoms with van der Waals surface area (Å²) >= 11 is 0. The Morgan fingerprint density at radius 1 is 0.560 bits per heavy atom. The Morgan fingerprint density at radius 3 is 1.20 bits per heavy atom. The summed E-state index contributed by atoms with van der Waals surface area (Å²) in [6.45, 7) is 7.63. The molecule has 0 rings (SSSR count). The van der Waals surface area contributed by atoms with Gasteiger partial charge >= 0.3 is 0 Å². The van der Waals surface area contributed by atoms with Crippen molar-refractivity contribution in [3.63, 3.8) is 0 Å². The van der Waals surface area contributed by atoms with Gasteiger partial charge in [-0.05, 0) is 25.7 Å². The van der Waals surface area contributed by atoms with Crippen LogP contribution in [0, 0.1) is 11.3 Å². The van der Waals surface area contributed by atoms with E-state index in [0.29, 0.717) is 6.54 Å². The lowest BCUT2D eigenvalue weighted by atomic mass is 10.1. The van der Waals surface area contributed by atoms with Gasteiger partial charge in [0.15, 0.2) is 6.54 Å². The van der Waals surface area contributed by atoms with Crippen LogP contribution in [0.25, 0.3) is 0 Å². The SMILES string of the molecule is CCCCCCCCCC[N+](C)(CC#N)CCCCCCCCCC. The zero-order valence-electron chi connectivity index (χ0n) is 17.8. The second-order valence-corrected chi connectivity index (χ2v) is 8.33. The van der Waals surface area contributed by atoms with Gasteiger partial charge in [-0.2, -0.15) is 5.26 Å². The van der Waals surface area contributed by atoms with Crippen molar-refractivity contribution in [3.05, 3.63) is 0 Å². The molecule has 0 fully saturated rings. The minimum Gasteiger partial charge on any atom is -0.314 e. The van der Waals surface area contributed by atoms with E-state index in [2.05, 4.69) is 27.0 Å². The minimum absolute atomic E-state index is 0.688. The van der Waals surface area contributed by atoms with Crippen LogP contribution in [0.4, 0.5) is 0 Å². The number of nitrogens with zero attached hydrogens (tertiary/aromatic N) is 2. The summed E-state index contributed by atoms with van der Waals surface area (Å²) in [4.78, 5) is 0. The third-order valence-electron chi connectivity index (χ3n) is 5.56. The molecule has 0 spiro atoms. The zero-order valence-corrected chi connectivity index (χ0v) is 17.8. The second kappa shape index (κ2) is 18.2. The second-order valence-electron chi connectivity index (χ2n) is 8.33. The molecular formula is C23H47N2+. The lowest BCUT2D eigenvalue weighted by Gasteiger charge is -2.32. The van der Waals surface area contributed by atoms with Gasteiger partial charge in [-0.3, -0.25) is 0 Å². The Labute approximate surface area is 159 Å². The van der Waals surface area contributed by atoms with Crippen molar-refractivity contribution in [1.82, 2.24) is 0 Å². The molecule has 0 unspecified atom stereocenters. The molecule has 2 nitrogen and oxygen atoms in total. The van der Waals surface area contributed by atoms with Gasteiger partial charge < -0.3 is 4.48 Å². The molecule has 25 heavy (non-hydrogen) atoms. The van der Waals surface area contributed by atoms with Crippen LogP contribution in [0.15, 0.2) is 0 Å². The van der Waals surface area contributed by atoms with Crippen LogP contribution in [-0.4, -0.2) is 31.2 Å². The van der Waals surface area contributed by atoms with Crippen LogP contribution >= 0.6 is 0 Å². The summed E-state index contributed by atoms with van der Waals surface area (Å²) in [5.41, 5.74) is 0. The van der Waals surface area contributed by atoms with Gasteiger partial charge in [-0.25, -0.2) is 0 Å². The summed E-state index contributed by atoms with van der Waals surface area (Å²) in [7, 11) is 2.30. The molecule has 2 heteroatoms. The number of hydrogen-bond acceptors (Lipinski definition) is 1. The van der Waals surface area contributed by atoms with Crippen LogP contribution < -0.4 is 0 Å². The van der Waals surface area contributed by atoms with Crippen molar-refractivity contribution in [3.8, 4) is 6.07 Å². The number of rotatable bonds is 19. The Balaban J connectivity index is 3.68. The fourth-order valence-corrected chi connectivity index (χ4v) is 3.70. The van der Waals surface area contributed by atoms with Gasteiger partial charge in [0.2, 0.25) is 0 Å². The van der Waals surface area contributed by atoms with Crippen LogP contribution in [-0.2, 0) is 0 Å². The normalized spacial score (nSPS) is 11.6. The summed E-state index contributed by atoms with van der Waals surface area (Å²) < 4.78 is 0.974. The van der Waals surface area contributed by atoms with E-state index in [9.17, 15) is 5.26 Å². The van der Waals surface area contributed by atoms with Crippen molar-refractivity contribution in [1.29, 1.82) is 5.26 Å². The molecule has 0 bridgehead atoms. The van der Waals surface area contributed by atoms with Gasteiger partial charge in [0.05, 0.1) is 20.1 Å². The monoisotopic (exact) mass is 351 g/mol. The maximum absolute atomic E-state index is 9.18. The summed E-state index contributed by atoms with van der Waals surface area (Å²) in [5, 5.41) is 9.18. The maximum atomic E-state index is 9.18. The molecule has 0 amide bonds. The first-order chi connectivity index (χ1) is 12.2. The van der Waals surface area contributed by atoms with Crippen LogP contribution in [0.3, 0.4) is 0 Å². The molecule has 0 aromatic carbocycles. The van der Waals surface area contributed by atoms with Crippen LogP contribution in [0.2, 0.25) is 0 Å². The zero-order chi connectivity index (χ0) is 18.6. The van der Waals surface area contributed by atoms with Gasteiger partial charge in [0.1, 0.15) is 6.07 Å². The fourth-order valence-electron chi connectivity index (χ4n) is 3.70. The number of hydrogen-bond donors (Lipinski definition) is 0. The highest BCUT2D eigenvalue weighted by atomic mass is 15.3. The lowest BCUT2D eigenvalue weighted by Crippen LogP contribution is -2.45. The lowest BCUT2D eigenvalue weighted by molar-refractivity contribution is -0.903. The smallest absolute Gasteiger partial charge is 0.166 e. The molecule has 0 saturated heterocycles. The molecule has 0 N–H and O–H groups in total. The van der Waals surface area contributed by atoms with E-state index < -0.39 is 0 Å². The van der Waals surface area contributed by atoms with Crippen molar-refractivity contribution in [2.75, 3.05) is 26.7 Å². The first-order valence-electron chi connectivity index (χ1n) is 11.4. The van der Waals surface area contributed by atoms with E-state index >= 15 is 0 Å². The van der Waals surface area contributed by atoms with Crippen molar-refractivity contribution < 1.29 is 4.48 Å². The predicted molar refractivity (Wildman–Crippen MR) is 112 cm³/mol.